The first-order chi connectivity index (χ1) is 7.59. The van der Waals surface area contributed by atoms with E-state index in [0.717, 1.165) is 12.8 Å². The summed E-state index contributed by atoms with van der Waals surface area (Å²) in [7, 11) is -3.63. The Kier molecular flexibility index (Phi) is 3.16. The SMILES string of the molecule is CC1CCCN1S(=O)(=O)Oc1ccccc1. The van der Waals surface area contributed by atoms with Crippen LogP contribution in [0.25, 0.3) is 0 Å². The lowest BCUT2D eigenvalue weighted by Gasteiger charge is -2.20. The van der Waals surface area contributed by atoms with Crippen molar-refractivity contribution in [3.63, 3.8) is 0 Å². The minimum Gasteiger partial charge on any atom is -0.371 e. The summed E-state index contributed by atoms with van der Waals surface area (Å²) in [6.07, 6.45) is 1.80. The molecule has 0 aromatic heterocycles. The molecule has 1 aromatic carbocycles. The van der Waals surface area contributed by atoms with E-state index in [-0.39, 0.29) is 6.04 Å². The van der Waals surface area contributed by atoms with Gasteiger partial charge in [0.15, 0.2) is 0 Å². The minimum atomic E-state index is -3.63. The lowest BCUT2D eigenvalue weighted by Crippen LogP contribution is -2.36. The van der Waals surface area contributed by atoms with Crippen LogP contribution in [0.3, 0.4) is 0 Å². The standard InChI is InChI=1S/C11H15NO3S/c1-10-6-5-9-12(10)16(13,14)15-11-7-3-2-4-8-11/h2-4,7-8,10H,5-6,9H2,1H3. The van der Waals surface area contributed by atoms with Gasteiger partial charge in [-0.2, -0.15) is 12.7 Å². The number of benzene rings is 1. The highest BCUT2D eigenvalue weighted by atomic mass is 32.2. The summed E-state index contributed by atoms with van der Waals surface area (Å²) in [4.78, 5) is 0. The molecular weight excluding hydrogens is 226 g/mol. The first kappa shape index (κ1) is 11.4. The fourth-order valence-electron chi connectivity index (χ4n) is 1.88. The average molecular weight is 241 g/mol. The van der Waals surface area contributed by atoms with E-state index >= 15 is 0 Å². The van der Waals surface area contributed by atoms with Crippen LogP contribution in [0.4, 0.5) is 0 Å². The number of para-hydroxylation sites is 1. The van der Waals surface area contributed by atoms with Crippen molar-refractivity contribution in [2.24, 2.45) is 0 Å². The lowest BCUT2D eigenvalue weighted by molar-refractivity contribution is 0.353. The van der Waals surface area contributed by atoms with Crippen molar-refractivity contribution in [3.05, 3.63) is 30.3 Å². The maximum absolute atomic E-state index is 11.9. The Morgan fingerprint density at radius 1 is 1.31 bits per heavy atom. The largest absolute Gasteiger partial charge is 0.385 e. The molecule has 1 aliphatic heterocycles. The van der Waals surface area contributed by atoms with E-state index in [1.54, 1.807) is 24.3 Å². The van der Waals surface area contributed by atoms with Gasteiger partial charge in [-0.3, -0.25) is 0 Å². The molecule has 0 spiro atoms. The second-order valence-corrected chi connectivity index (χ2v) is 5.45. The van der Waals surface area contributed by atoms with Crippen LogP contribution in [0.2, 0.25) is 0 Å². The lowest BCUT2D eigenvalue weighted by atomic mass is 10.3. The molecule has 0 radical (unpaired) electrons. The van der Waals surface area contributed by atoms with Crippen LogP contribution in [0, 0.1) is 0 Å². The molecule has 0 amide bonds. The van der Waals surface area contributed by atoms with E-state index in [1.807, 2.05) is 13.0 Å². The third kappa shape index (κ3) is 2.36. The minimum absolute atomic E-state index is 0.0358. The highest BCUT2D eigenvalue weighted by molar-refractivity contribution is 7.84. The molecule has 1 aromatic rings. The summed E-state index contributed by atoms with van der Waals surface area (Å²) in [5.74, 6) is 0.363. The molecule has 4 nitrogen and oxygen atoms in total. The molecule has 2 rings (SSSR count). The van der Waals surface area contributed by atoms with Crippen LogP contribution in [0.5, 0.6) is 5.75 Å². The van der Waals surface area contributed by atoms with E-state index in [0.29, 0.717) is 12.3 Å². The Morgan fingerprint density at radius 2 is 2.00 bits per heavy atom. The van der Waals surface area contributed by atoms with Crippen molar-refractivity contribution in [3.8, 4) is 5.75 Å². The molecule has 1 saturated heterocycles. The Morgan fingerprint density at radius 3 is 2.56 bits per heavy atom. The van der Waals surface area contributed by atoms with E-state index in [4.69, 9.17) is 4.18 Å². The molecule has 1 atom stereocenters. The second-order valence-electron chi connectivity index (χ2n) is 3.96. The average Bonchev–Trinajstić information content (AvgIpc) is 2.66. The summed E-state index contributed by atoms with van der Waals surface area (Å²) in [5, 5.41) is 0. The first-order valence-electron chi connectivity index (χ1n) is 5.36. The van der Waals surface area contributed by atoms with Crippen molar-refractivity contribution in [1.29, 1.82) is 0 Å². The molecule has 5 heteroatoms. The van der Waals surface area contributed by atoms with E-state index < -0.39 is 10.3 Å². The van der Waals surface area contributed by atoms with Crippen LogP contribution in [-0.4, -0.2) is 25.3 Å². The van der Waals surface area contributed by atoms with Crippen molar-refractivity contribution in [2.45, 2.75) is 25.8 Å². The third-order valence-electron chi connectivity index (χ3n) is 2.72. The molecule has 88 valence electrons. The van der Waals surface area contributed by atoms with Gasteiger partial charge < -0.3 is 4.18 Å². The van der Waals surface area contributed by atoms with Gasteiger partial charge in [-0.1, -0.05) is 18.2 Å². The third-order valence-corrected chi connectivity index (χ3v) is 4.24. The summed E-state index contributed by atoms with van der Waals surface area (Å²) in [6, 6.07) is 8.62. The van der Waals surface area contributed by atoms with Gasteiger partial charge in [0, 0.05) is 12.6 Å². The van der Waals surface area contributed by atoms with Gasteiger partial charge in [0.05, 0.1) is 0 Å². The van der Waals surface area contributed by atoms with Crippen LogP contribution >= 0.6 is 0 Å². The molecular formula is C11H15NO3S. The monoisotopic (exact) mass is 241 g/mol. The van der Waals surface area contributed by atoms with Crippen LogP contribution in [0.15, 0.2) is 30.3 Å². The molecule has 0 N–H and O–H groups in total. The molecule has 1 unspecified atom stereocenters. The maximum atomic E-state index is 11.9. The number of hydrogen-bond acceptors (Lipinski definition) is 3. The van der Waals surface area contributed by atoms with Gasteiger partial charge >= 0.3 is 10.3 Å². The summed E-state index contributed by atoms with van der Waals surface area (Å²) in [6.45, 7) is 2.45. The fourth-order valence-corrected chi connectivity index (χ4v) is 3.23. The van der Waals surface area contributed by atoms with Gasteiger partial charge in [-0.15, -0.1) is 0 Å². The van der Waals surface area contributed by atoms with E-state index in [1.165, 1.54) is 4.31 Å². The summed E-state index contributed by atoms with van der Waals surface area (Å²) in [5.41, 5.74) is 0. The Labute approximate surface area is 96.1 Å². The molecule has 0 saturated carbocycles. The van der Waals surface area contributed by atoms with Crippen molar-refractivity contribution in [2.75, 3.05) is 6.54 Å². The Hall–Kier alpha value is -1.07. The summed E-state index contributed by atoms with van der Waals surface area (Å²) >= 11 is 0. The maximum Gasteiger partial charge on any atom is 0.385 e. The van der Waals surface area contributed by atoms with E-state index in [9.17, 15) is 8.42 Å². The molecule has 0 aliphatic carbocycles. The van der Waals surface area contributed by atoms with Gasteiger partial charge in [0.25, 0.3) is 0 Å². The number of nitrogens with zero attached hydrogens (tertiary/aromatic N) is 1. The first-order valence-corrected chi connectivity index (χ1v) is 6.72. The van der Waals surface area contributed by atoms with Gasteiger partial charge in [0.2, 0.25) is 0 Å². The quantitative estimate of drug-likeness (QED) is 0.810. The van der Waals surface area contributed by atoms with E-state index in [2.05, 4.69) is 0 Å². The highest BCUT2D eigenvalue weighted by Crippen LogP contribution is 2.23. The Bertz CT molecular complexity index is 444. The van der Waals surface area contributed by atoms with Crippen LogP contribution < -0.4 is 4.18 Å². The zero-order chi connectivity index (χ0) is 11.6. The Balaban J connectivity index is 2.14. The zero-order valence-corrected chi connectivity index (χ0v) is 9.98. The van der Waals surface area contributed by atoms with Crippen LogP contribution in [0.1, 0.15) is 19.8 Å². The summed E-state index contributed by atoms with van der Waals surface area (Å²) < 4.78 is 30.3. The molecule has 1 heterocycles. The molecule has 16 heavy (non-hydrogen) atoms. The predicted molar refractivity (Wildman–Crippen MR) is 61.4 cm³/mol. The molecule has 1 aliphatic rings. The normalized spacial score (nSPS) is 22.2. The van der Waals surface area contributed by atoms with Gasteiger partial charge in [-0.25, -0.2) is 0 Å². The van der Waals surface area contributed by atoms with Crippen molar-refractivity contribution in [1.82, 2.24) is 4.31 Å². The van der Waals surface area contributed by atoms with Crippen LogP contribution in [-0.2, 0) is 10.3 Å². The zero-order valence-electron chi connectivity index (χ0n) is 9.17. The van der Waals surface area contributed by atoms with Crippen molar-refractivity contribution >= 4 is 10.3 Å². The van der Waals surface area contributed by atoms with Gasteiger partial charge in [-0.05, 0) is 31.9 Å². The molecule has 0 bridgehead atoms. The number of rotatable bonds is 3. The smallest absolute Gasteiger partial charge is 0.371 e. The predicted octanol–water partition coefficient (Wildman–Crippen LogP) is 1.79. The van der Waals surface area contributed by atoms with Crippen molar-refractivity contribution < 1.29 is 12.6 Å². The molecule has 1 fully saturated rings. The fraction of sp³-hybridized carbons (Fsp3) is 0.455. The highest BCUT2D eigenvalue weighted by Gasteiger charge is 2.32. The second kappa shape index (κ2) is 4.43. The topological polar surface area (TPSA) is 46.6 Å². The number of hydrogen-bond donors (Lipinski definition) is 0. The van der Waals surface area contributed by atoms with Gasteiger partial charge in [0.1, 0.15) is 5.75 Å².